The number of benzene rings is 2. The van der Waals surface area contributed by atoms with Crippen LogP contribution in [0.5, 0.6) is 0 Å². The minimum atomic E-state index is -3.88. The number of rotatable bonds is 3. The summed E-state index contributed by atoms with van der Waals surface area (Å²) in [6.07, 6.45) is 2.57. The second-order valence-electron chi connectivity index (χ2n) is 6.44. The van der Waals surface area contributed by atoms with Crippen LogP contribution in [0, 0.1) is 0 Å². The van der Waals surface area contributed by atoms with Crippen LogP contribution in [0.15, 0.2) is 50.5 Å². The second-order valence-corrected chi connectivity index (χ2v) is 8.53. The van der Waals surface area contributed by atoms with Gasteiger partial charge in [-0.15, -0.1) is 0 Å². The quantitative estimate of drug-likeness (QED) is 0.742. The molecule has 0 saturated heterocycles. The topological polar surface area (TPSA) is 81.3 Å². The summed E-state index contributed by atoms with van der Waals surface area (Å²) in [5, 5.41) is 0.0468. The van der Waals surface area contributed by atoms with Gasteiger partial charge in [-0.05, 0) is 36.5 Å². The molecule has 0 spiro atoms. The Morgan fingerprint density at radius 2 is 2.04 bits per heavy atom. The van der Waals surface area contributed by atoms with Crippen molar-refractivity contribution in [2.45, 2.75) is 30.2 Å². The third-order valence-electron chi connectivity index (χ3n) is 4.80. The molecule has 0 aliphatic heterocycles. The van der Waals surface area contributed by atoms with Crippen molar-refractivity contribution in [2.75, 3.05) is 0 Å². The zero-order valence-corrected chi connectivity index (χ0v) is 15.6. The van der Waals surface area contributed by atoms with Crippen LogP contribution in [0.4, 0.5) is 0 Å². The Hall–Kier alpha value is -2.09. The Bertz CT molecular complexity index is 1160. The van der Waals surface area contributed by atoms with Gasteiger partial charge in [-0.2, -0.15) is 0 Å². The monoisotopic (exact) mass is 392 g/mol. The summed E-state index contributed by atoms with van der Waals surface area (Å²) in [6.45, 7) is 0. The number of nitrogens with one attached hydrogen (secondary N) is 1. The molecule has 0 saturated carbocycles. The van der Waals surface area contributed by atoms with Crippen molar-refractivity contribution >= 4 is 32.7 Å². The Morgan fingerprint density at radius 3 is 2.85 bits per heavy atom. The van der Waals surface area contributed by atoms with Crippen LogP contribution >= 0.6 is 11.6 Å². The first-order valence-electron chi connectivity index (χ1n) is 8.26. The Kier molecular flexibility index (Phi) is 4.17. The van der Waals surface area contributed by atoms with Gasteiger partial charge in [-0.3, -0.25) is 4.57 Å². The molecular weight excluding hydrogens is 376 g/mol. The van der Waals surface area contributed by atoms with E-state index in [0.29, 0.717) is 5.52 Å². The molecule has 6 nitrogen and oxygen atoms in total. The molecule has 26 heavy (non-hydrogen) atoms. The van der Waals surface area contributed by atoms with Gasteiger partial charge in [-0.1, -0.05) is 35.9 Å². The van der Waals surface area contributed by atoms with Crippen molar-refractivity contribution in [1.29, 1.82) is 0 Å². The highest BCUT2D eigenvalue weighted by Gasteiger charge is 2.28. The van der Waals surface area contributed by atoms with Gasteiger partial charge in [0.2, 0.25) is 10.0 Å². The van der Waals surface area contributed by atoms with E-state index in [1.807, 2.05) is 24.3 Å². The fraction of sp³-hybridized carbons (Fsp3) is 0.278. The summed E-state index contributed by atoms with van der Waals surface area (Å²) in [7, 11) is -2.34. The lowest BCUT2D eigenvalue weighted by Gasteiger charge is -2.26. The number of sulfonamides is 1. The van der Waals surface area contributed by atoms with E-state index in [4.69, 9.17) is 16.0 Å². The number of nitrogens with zero attached hydrogens (tertiary/aromatic N) is 1. The maximum atomic E-state index is 12.9. The molecule has 0 amide bonds. The number of halogens is 1. The summed E-state index contributed by atoms with van der Waals surface area (Å²) in [6, 6.07) is 10.3. The molecule has 136 valence electrons. The molecule has 1 aromatic heterocycles. The molecular formula is C18H17ClN2O4S. The fourth-order valence-corrected chi connectivity index (χ4v) is 5.25. The van der Waals surface area contributed by atoms with Gasteiger partial charge in [0.05, 0.1) is 10.5 Å². The average Bonchev–Trinajstić information content (AvgIpc) is 2.88. The molecule has 0 bridgehead atoms. The molecule has 3 aromatic rings. The van der Waals surface area contributed by atoms with Crippen LogP contribution in [0.1, 0.15) is 30.0 Å². The van der Waals surface area contributed by atoms with E-state index in [9.17, 15) is 13.2 Å². The van der Waals surface area contributed by atoms with Gasteiger partial charge < -0.3 is 4.42 Å². The molecule has 1 N–H and O–H groups in total. The maximum absolute atomic E-state index is 12.9. The van der Waals surface area contributed by atoms with Crippen molar-refractivity contribution in [3.8, 4) is 0 Å². The fourth-order valence-electron chi connectivity index (χ4n) is 3.46. The average molecular weight is 393 g/mol. The lowest BCUT2D eigenvalue weighted by Crippen LogP contribution is -2.31. The van der Waals surface area contributed by atoms with Crippen LogP contribution in [0.2, 0.25) is 5.02 Å². The normalized spacial score (nSPS) is 17.4. The van der Waals surface area contributed by atoms with E-state index in [2.05, 4.69) is 4.72 Å². The third-order valence-corrected chi connectivity index (χ3v) is 6.74. The molecule has 0 fully saturated rings. The summed E-state index contributed by atoms with van der Waals surface area (Å²) < 4.78 is 35.0. The molecule has 0 radical (unpaired) electrons. The summed E-state index contributed by atoms with van der Waals surface area (Å²) in [5.41, 5.74) is 2.78. The molecule has 1 atom stereocenters. The van der Waals surface area contributed by atoms with Gasteiger partial charge in [0.25, 0.3) is 0 Å². The number of oxazole rings is 1. The first kappa shape index (κ1) is 17.3. The Labute approximate surface area is 155 Å². The van der Waals surface area contributed by atoms with Gasteiger partial charge >= 0.3 is 5.76 Å². The minimum Gasteiger partial charge on any atom is -0.408 e. The highest BCUT2D eigenvalue weighted by atomic mass is 35.5. The molecule has 8 heteroatoms. The van der Waals surface area contributed by atoms with Crippen molar-refractivity contribution in [2.24, 2.45) is 7.05 Å². The van der Waals surface area contributed by atoms with Crippen LogP contribution in [0.25, 0.3) is 11.1 Å². The number of fused-ring (bicyclic) bond motifs is 2. The van der Waals surface area contributed by atoms with Crippen LogP contribution < -0.4 is 10.5 Å². The first-order chi connectivity index (χ1) is 12.4. The summed E-state index contributed by atoms with van der Waals surface area (Å²) >= 11 is 6.21. The van der Waals surface area contributed by atoms with Crippen LogP contribution in [-0.4, -0.2) is 13.0 Å². The highest BCUT2D eigenvalue weighted by molar-refractivity contribution is 7.89. The lowest BCUT2D eigenvalue weighted by atomic mass is 9.88. The Morgan fingerprint density at radius 1 is 1.27 bits per heavy atom. The third kappa shape index (κ3) is 2.86. The van der Waals surface area contributed by atoms with E-state index in [1.165, 1.54) is 23.7 Å². The number of aromatic nitrogens is 1. The van der Waals surface area contributed by atoms with Gasteiger partial charge in [0.1, 0.15) is 4.90 Å². The smallest absolute Gasteiger partial charge is 0.408 e. The molecule has 1 heterocycles. The van der Waals surface area contributed by atoms with E-state index in [1.54, 1.807) is 0 Å². The lowest BCUT2D eigenvalue weighted by molar-refractivity contribution is 0.506. The Balaban J connectivity index is 1.75. The maximum Gasteiger partial charge on any atom is 0.419 e. The highest BCUT2D eigenvalue weighted by Crippen LogP contribution is 2.33. The number of aryl methyl sites for hydroxylation is 2. The SMILES string of the molecule is Cn1c(=O)oc2cc(S(=O)(=O)NC3CCCc4ccccc43)c(Cl)cc21. The van der Waals surface area contributed by atoms with Gasteiger partial charge in [0.15, 0.2) is 5.58 Å². The van der Waals surface area contributed by atoms with E-state index >= 15 is 0 Å². The summed E-state index contributed by atoms with van der Waals surface area (Å²) in [5.74, 6) is -0.570. The number of hydrogen-bond acceptors (Lipinski definition) is 4. The second kappa shape index (κ2) is 6.26. The van der Waals surface area contributed by atoms with Gasteiger partial charge in [-0.25, -0.2) is 17.9 Å². The predicted octanol–water partition coefficient (Wildman–Crippen LogP) is 3.14. The minimum absolute atomic E-state index is 0.0468. The molecule has 1 aliphatic rings. The largest absolute Gasteiger partial charge is 0.419 e. The van der Waals surface area contributed by atoms with Crippen LogP contribution in [0.3, 0.4) is 0 Å². The van der Waals surface area contributed by atoms with Crippen molar-refractivity contribution < 1.29 is 12.8 Å². The molecule has 1 aliphatic carbocycles. The molecule has 4 rings (SSSR count). The van der Waals surface area contributed by atoms with Crippen molar-refractivity contribution in [3.05, 3.63) is 63.1 Å². The zero-order valence-electron chi connectivity index (χ0n) is 14.0. The predicted molar refractivity (Wildman–Crippen MR) is 98.9 cm³/mol. The molecule has 2 aromatic carbocycles. The first-order valence-corrected chi connectivity index (χ1v) is 10.1. The zero-order chi connectivity index (χ0) is 18.5. The van der Waals surface area contributed by atoms with E-state index < -0.39 is 15.8 Å². The van der Waals surface area contributed by atoms with Crippen LogP contribution in [-0.2, 0) is 23.5 Å². The number of hydrogen-bond donors (Lipinski definition) is 1. The van der Waals surface area contributed by atoms with Gasteiger partial charge in [0, 0.05) is 19.2 Å². The summed E-state index contributed by atoms with van der Waals surface area (Å²) in [4.78, 5) is 11.6. The standard InChI is InChI=1S/C18H17ClN2O4S/c1-21-15-9-13(19)17(10-16(15)25-18(21)22)26(23,24)20-14-8-4-6-11-5-2-3-7-12(11)14/h2-3,5,7,9-10,14,20H,4,6,8H2,1H3. The van der Waals surface area contributed by atoms with E-state index in [0.717, 1.165) is 30.4 Å². The van der Waals surface area contributed by atoms with E-state index in [-0.39, 0.29) is 21.5 Å². The molecule has 1 unspecified atom stereocenters. The van der Waals surface area contributed by atoms with Crippen molar-refractivity contribution in [3.63, 3.8) is 0 Å². The van der Waals surface area contributed by atoms with Crippen molar-refractivity contribution in [1.82, 2.24) is 9.29 Å².